The number of amides is 1. The van der Waals surface area contributed by atoms with Crippen LogP contribution >= 0.6 is 11.3 Å². The van der Waals surface area contributed by atoms with Crippen LogP contribution in [-0.4, -0.2) is 21.8 Å². The quantitative estimate of drug-likeness (QED) is 0.579. The second kappa shape index (κ2) is 7.67. The molecule has 0 atom stereocenters. The van der Waals surface area contributed by atoms with Crippen LogP contribution in [0.2, 0.25) is 0 Å². The van der Waals surface area contributed by atoms with Crippen molar-refractivity contribution in [1.82, 2.24) is 9.88 Å². The average Bonchev–Trinajstić information content (AvgIpc) is 3.42. The summed E-state index contributed by atoms with van der Waals surface area (Å²) in [5, 5.41) is 0. The highest BCUT2D eigenvalue weighted by molar-refractivity contribution is 7.16. The molecule has 2 heterocycles. The van der Waals surface area contributed by atoms with Crippen molar-refractivity contribution in [1.29, 1.82) is 0 Å². The molecule has 3 nitrogen and oxygen atoms in total. The highest BCUT2D eigenvalue weighted by Crippen LogP contribution is 2.30. The summed E-state index contributed by atoms with van der Waals surface area (Å²) in [6.45, 7) is 0.649. The molecule has 1 amide bonds. The third kappa shape index (κ3) is 4.09. The van der Waals surface area contributed by atoms with Crippen LogP contribution in [0.5, 0.6) is 0 Å². The number of rotatable bonds is 6. The zero-order valence-corrected chi connectivity index (χ0v) is 15.2. The first kappa shape index (κ1) is 16.7. The van der Waals surface area contributed by atoms with E-state index in [1.54, 1.807) is 29.8 Å². The Balaban J connectivity index is 1.45. The van der Waals surface area contributed by atoms with Crippen LogP contribution in [0.25, 0.3) is 16.5 Å². The third-order valence-electron chi connectivity index (χ3n) is 4.45. The molecule has 1 aliphatic carbocycles. The zero-order valence-electron chi connectivity index (χ0n) is 14.4. The summed E-state index contributed by atoms with van der Waals surface area (Å²) < 4.78 is 0. The van der Waals surface area contributed by atoms with Gasteiger partial charge in [0.15, 0.2) is 0 Å². The summed E-state index contributed by atoms with van der Waals surface area (Å²) in [5.41, 5.74) is 2.33. The maximum Gasteiger partial charge on any atom is 0.247 e. The summed E-state index contributed by atoms with van der Waals surface area (Å²) in [4.78, 5) is 21.0. The molecule has 3 aromatic rings. The van der Waals surface area contributed by atoms with Gasteiger partial charge in [-0.15, -0.1) is 11.3 Å². The average molecular weight is 360 g/mol. The fourth-order valence-electron chi connectivity index (χ4n) is 2.91. The van der Waals surface area contributed by atoms with Crippen LogP contribution in [0.15, 0.2) is 73.1 Å². The van der Waals surface area contributed by atoms with Crippen molar-refractivity contribution in [2.45, 2.75) is 25.4 Å². The lowest BCUT2D eigenvalue weighted by Gasteiger charge is -2.20. The van der Waals surface area contributed by atoms with Gasteiger partial charge in [-0.1, -0.05) is 30.3 Å². The number of hydrogen-bond donors (Lipinski definition) is 0. The lowest BCUT2D eigenvalue weighted by Crippen LogP contribution is -2.31. The van der Waals surface area contributed by atoms with Gasteiger partial charge >= 0.3 is 0 Å². The molecule has 130 valence electrons. The van der Waals surface area contributed by atoms with Gasteiger partial charge in [0.2, 0.25) is 5.91 Å². The maximum absolute atomic E-state index is 12.7. The molecule has 0 aliphatic heterocycles. The second-order valence-corrected chi connectivity index (χ2v) is 7.57. The Labute approximate surface area is 157 Å². The van der Waals surface area contributed by atoms with E-state index in [-0.39, 0.29) is 5.91 Å². The van der Waals surface area contributed by atoms with Crippen LogP contribution in [0.3, 0.4) is 0 Å². The van der Waals surface area contributed by atoms with E-state index in [1.807, 2.05) is 41.3 Å². The van der Waals surface area contributed by atoms with Crippen molar-refractivity contribution in [2.24, 2.45) is 0 Å². The first-order valence-corrected chi connectivity index (χ1v) is 9.64. The van der Waals surface area contributed by atoms with Crippen LogP contribution in [0, 0.1) is 0 Å². The Bertz CT molecular complexity index is 898. The number of carbonyl (C=O) groups is 1. The van der Waals surface area contributed by atoms with Crippen LogP contribution in [0.4, 0.5) is 0 Å². The Morgan fingerprint density at radius 3 is 2.58 bits per heavy atom. The van der Waals surface area contributed by atoms with E-state index >= 15 is 0 Å². The van der Waals surface area contributed by atoms with Crippen LogP contribution in [-0.2, 0) is 11.3 Å². The summed E-state index contributed by atoms with van der Waals surface area (Å²) >= 11 is 1.70. The second-order valence-electron chi connectivity index (χ2n) is 6.45. The fourth-order valence-corrected chi connectivity index (χ4v) is 3.82. The number of benzene rings is 1. The van der Waals surface area contributed by atoms with Gasteiger partial charge in [0.1, 0.15) is 0 Å². The van der Waals surface area contributed by atoms with Crippen molar-refractivity contribution in [3.05, 3.63) is 83.5 Å². The molecule has 0 bridgehead atoms. The summed E-state index contributed by atoms with van der Waals surface area (Å²) in [6.07, 6.45) is 9.39. The number of thiophene rings is 1. The molecule has 26 heavy (non-hydrogen) atoms. The smallest absolute Gasteiger partial charge is 0.247 e. The van der Waals surface area contributed by atoms with E-state index in [4.69, 9.17) is 0 Å². The monoisotopic (exact) mass is 360 g/mol. The van der Waals surface area contributed by atoms with E-state index in [0.29, 0.717) is 12.6 Å². The molecule has 0 spiro atoms. The van der Waals surface area contributed by atoms with Crippen molar-refractivity contribution >= 4 is 23.3 Å². The van der Waals surface area contributed by atoms with Gasteiger partial charge in [0, 0.05) is 40.8 Å². The predicted octanol–water partition coefficient (Wildman–Crippen LogP) is 5.01. The summed E-state index contributed by atoms with van der Waals surface area (Å²) in [7, 11) is 0. The Kier molecular flexibility index (Phi) is 4.93. The predicted molar refractivity (Wildman–Crippen MR) is 107 cm³/mol. The Morgan fingerprint density at radius 1 is 1.08 bits per heavy atom. The fraction of sp³-hybridized carbons (Fsp3) is 0.182. The lowest BCUT2D eigenvalue weighted by atomic mass is 10.2. The molecule has 0 N–H and O–H groups in total. The van der Waals surface area contributed by atoms with E-state index in [2.05, 4.69) is 29.2 Å². The molecular formula is C22H20N2OS. The van der Waals surface area contributed by atoms with Crippen LogP contribution in [0.1, 0.15) is 23.3 Å². The van der Waals surface area contributed by atoms with Gasteiger partial charge in [0.05, 0.1) is 0 Å². The Hall–Kier alpha value is -2.72. The van der Waals surface area contributed by atoms with Gasteiger partial charge in [-0.2, -0.15) is 0 Å². The van der Waals surface area contributed by atoms with Gasteiger partial charge < -0.3 is 4.90 Å². The molecule has 2 aromatic heterocycles. The molecule has 1 aromatic carbocycles. The van der Waals surface area contributed by atoms with Crippen LogP contribution < -0.4 is 0 Å². The van der Waals surface area contributed by atoms with Crippen molar-refractivity contribution in [3.63, 3.8) is 0 Å². The molecule has 0 radical (unpaired) electrons. The van der Waals surface area contributed by atoms with E-state index in [9.17, 15) is 4.79 Å². The molecule has 0 unspecified atom stereocenters. The molecule has 4 rings (SSSR count). The van der Waals surface area contributed by atoms with Gasteiger partial charge in [-0.05, 0) is 54.3 Å². The first-order chi connectivity index (χ1) is 12.8. The summed E-state index contributed by atoms with van der Waals surface area (Å²) in [5.74, 6) is 0.0824. The molecule has 0 saturated heterocycles. The van der Waals surface area contributed by atoms with Crippen molar-refractivity contribution < 1.29 is 4.79 Å². The molecule has 1 fully saturated rings. The topological polar surface area (TPSA) is 33.2 Å². The van der Waals surface area contributed by atoms with Crippen molar-refractivity contribution in [3.8, 4) is 10.4 Å². The Morgan fingerprint density at radius 2 is 1.85 bits per heavy atom. The molecule has 4 heteroatoms. The third-order valence-corrected chi connectivity index (χ3v) is 5.55. The maximum atomic E-state index is 12.7. The summed E-state index contributed by atoms with van der Waals surface area (Å²) in [6, 6.07) is 18.8. The minimum Gasteiger partial charge on any atom is -0.332 e. The highest BCUT2D eigenvalue weighted by Gasteiger charge is 2.31. The van der Waals surface area contributed by atoms with E-state index < -0.39 is 0 Å². The zero-order chi connectivity index (χ0) is 17.8. The number of carbonyl (C=O) groups excluding carboxylic acids is 1. The standard InChI is InChI=1S/C22H20N2OS/c25-22(24(19-6-7-19)16-17-12-14-23-15-13-17)11-9-20-8-10-21(26-20)18-4-2-1-3-5-18/h1-5,8-15,19H,6-7,16H2/b11-9+. The minimum atomic E-state index is 0.0824. The number of hydrogen-bond acceptors (Lipinski definition) is 3. The van der Waals surface area contributed by atoms with Gasteiger partial charge in [0.25, 0.3) is 0 Å². The van der Waals surface area contributed by atoms with E-state index in [0.717, 1.165) is 23.3 Å². The molecular weight excluding hydrogens is 340 g/mol. The van der Waals surface area contributed by atoms with E-state index in [1.165, 1.54) is 10.4 Å². The molecule has 1 aliphatic rings. The molecule has 1 saturated carbocycles. The largest absolute Gasteiger partial charge is 0.332 e. The lowest BCUT2D eigenvalue weighted by molar-refractivity contribution is -0.127. The van der Waals surface area contributed by atoms with Gasteiger partial charge in [-0.25, -0.2) is 0 Å². The number of nitrogens with zero attached hydrogens (tertiary/aromatic N) is 2. The number of aromatic nitrogens is 1. The SMILES string of the molecule is O=C(/C=C/c1ccc(-c2ccccc2)s1)N(Cc1ccncc1)C1CC1. The normalized spacial score (nSPS) is 13.8. The number of pyridine rings is 1. The van der Waals surface area contributed by atoms with Crippen molar-refractivity contribution in [2.75, 3.05) is 0 Å². The first-order valence-electron chi connectivity index (χ1n) is 8.82. The minimum absolute atomic E-state index is 0.0824. The van der Waals surface area contributed by atoms with Gasteiger partial charge in [-0.3, -0.25) is 9.78 Å². The highest BCUT2D eigenvalue weighted by atomic mass is 32.1.